The van der Waals surface area contributed by atoms with Crippen LogP contribution in [0.15, 0.2) is 4.79 Å². The van der Waals surface area contributed by atoms with Crippen LogP contribution in [0.5, 0.6) is 0 Å². The maximum absolute atomic E-state index is 12.7. The van der Waals surface area contributed by atoms with Crippen molar-refractivity contribution in [3.05, 3.63) is 27.4 Å². The quantitative estimate of drug-likeness (QED) is 0.878. The number of hydrogen-bond donors (Lipinski definition) is 1. The van der Waals surface area contributed by atoms with Crippen LogP contribution >= 0.6 is 0 Å². The molecule has 6 nitrogen and oxygen atoms in total. The normalized spacial score (nSPS) is 23.0. The number of likely N-dealkylation sites (N-methyl/N-ethyl adjacent to an activating group) is 1. The molecule has 0 bridgehead atoms. The fourth-order valence-electron chi connectivity index (χ4n) is 4.76. The Kier molecular flexibility index (Phi) is 5.11. The Hall–Kier alpha value is -1.69. The number of nitrogens with one attached hydrogen (secondary N) is 1. The van der Waals surface area contributed by atoms with Gasteiger partial charge in [-0.2, -0.15) is 0 Å². The van der Waals surface area contributed by atoms with E-state index >= 15 is 0 Å². The molecule has 1 saturated carbocycles. The summed E-state index contributed by atoms with van der Waals surface area (Å²) in [7, 11) is 2.07. The topological polar surface area (TPSA) is 69.3 Å². The summed E-state index contributed by atoms with van der Waals surface area (Å²) in [5, 5.41) is 0. The number of carbonyl (C=O) groups is 1. The number of nitrogens with zero attached hydrogens (tertiary/aromatic N) is 3. The molecule has 3 heterocycles. The van der Waals surface area contributed by atoms with Crippen LogP contribution in [0.4, 0.5) is 0 Å². The first-order chi connectivity index (χ1) is 12.6. The van der Waals surface area contributed by atoms with E-state index in [2.05, 4.69) is 21.8 Å². The number of piperidine rings is 1. The molecule has 0 unspecified atom stereocenters. The summed E-state index contributed by atoms with van der Waals surface area (Å²) in [5.41, 5.74) is 1.84. The van der Waals surface area contributed by atoms with Crippen molar-refractivity contribution in [2.45, 2.75) is 63.8 Å². The van der Waals surface area contributed by atoms with Crippen LogP contribution in [0.3, 0.4) is 0 Å². The highest BCUT2D eigenvalue weighted by Crippen LogP contribution is 2.30. The van der Waals surface area contributed by atoms with Gasteiger partial charge in [0.2, 0.25) is 5.91 Å². The van der Waals surface area contributed by atoms with Crippen molar-refractivity contribution in [1.82, 2.24) is 19.8 Å². The van der Waals surface area contributed by atoms with Gasteiger partial charge in [-0.25, -0.2) is 4.98 Å². The second kappa shape index (κ2) is 7.51. The highest BCUT2D eigenvalue weighted by Gasteiger charge is 2.31. The molecule has 6 heteroatoms. The zero-order valence-corrected chi connectivity index (χ0v) is 15.8. The van der Waals surface area contributed by atoms with E-state index in [1.54, 1.807) is 0 Å². The lowest BCUT2D eigenvalue weighted by Gasteiger charge is -2.35. The van der Waals surface area contributed by atoms with Gasteiger partial charge in [0, 0.05) is 43.6 Å². The summed E-state index contributed by atoms with van der Waals surface area (Å²) < 4.78 is 0. The number of amides is 1. The number of rotatable bonds is 2. The molecule has 1 aromatic rings. The Balaban J connectivity index is 1.42. The summed E-state index contributed by atoms with van der Waals surface area (Å²) in [5.74, 6) is 1.69. The highest BCUT2D eigenvalue weighted by atomic mass is 16.2. The fourth-order valence-corrected chi connectivity index (χ4v) is 4.76. The summed E-state index contributed by atoms with van der Waals surface area (Å²) in [6, 6.07) is 0. The molecule has 0 atom stereocenters. The van der Waals surface area contributed by atoms with Gasteiger partial charge in [-0.05, 0) is 39.2 Å². The number of H-pyrrole nitrogens is 1. The lowest BCUT2D eigenvalue weighted by molar-refractivity contribution is -0.137. The first-order valence-corrected chi connectivity index (χ1v) is 10.2. The van der Waals surface area contributed by atoms with Gasteiger partial charge < -0.3 is 14.8 Å². The van der Waals surface area contributed by atoms with E-state index in [9.17, 15) is 9.59 Å². The Morgan fingerprint density at radius 3 is 2.54 bits per heavy atom. The highest BCUT2D eigenvalue weighted by molar-refractivity contribution is 5.79. The Labute approximate surface area is 155 Å². The van der Waals surface area contributed by atoms with E-state index < -0.39 is 0 Å². The molecule has 2 aliphatic heterocycles. The van der Waals surface area contributed by atoms with Crippen molar-refractivity contribution in [1.29, 1.82) is 0 Å². The van der Waals surface area contributed by atoms with E-state index in [0.717, 1.165) is 75.4 Å². The molecule has 3 aliphatic rings. The molecule has 1 aromatic heterocycles. The van der Waals surface area contributed by atoms with Crippen molar-refractivity contribution in [3.8, 4) is 0 Å². The SMILES string of the molecule is CN1CCc2c(nc(C3CCN(C(=O)C4CCCCC4)CC3)[nH]c2=O)C1. The van der Waals surface area contributed by atoms with Crippen LogP contribution in [0, 0.1) is 5.92 Å². The summed E-state index contributed by atoms with van der Waals surface area (Å²) >= 11 is 0. The molecule has 4 rings (SSSR count). The number of likely N-dealkylation sites (tertiary alicyclic amines) is 1. The second-order valence-corrected chi connectivity index (χ2v) is 8.30. The maximum atomic E-state index is 12.7. The van der Waals surface area contributed by atoms with E-state index in [4.69, 9.17) is 4.98 Å². The average molecular weight is 358 g/mol. The minimum absolute atomic E-state index is 0.0406. The van der Waals surface area contributed by atoms with E-state index in [1.807, 2.05) is 0 Å². The predicted octanol–water partition coefficient (Wildman–Crippen LogP) is 2.04. The number of aromatic amines is 1. The maximum Gasteiger partial charge on any atom is 0.254 e. The zero-order chi connectivity index (χ0) is 18.1. The molecular weight excluding hydrogens is 328 g/mol. The van der Waals surface area contributed by atoms with E-state index in [0.29, 0.717) is 5.91 Å². The largest absolute Gasteiger partial charge is 0.342 e. The molecule has 1 saturated heterocycles. The molecule has 1 aliphatic carbocycles. The summed E-state index contributed by atoms with van der Waals surface area (Å²) in [6.07, 6.45) is 8.37. The smallest absolute Gasteiger partial charge is 0.254 e. The summed E-state index contributed by atoms with van der Waals surface area (Å²) in [6.45, 7) is 3.26. The number of carbonyl (C=O) groups excluding carboxylic acids is 1. The standard InChI is InChI=1S/C20H30N4O2/c1-23-10-9-16-17(13-23)21-18(22-19(16)25)14-7-11-24(12-8-14)20(26)15-5-3-2-4-6-15/h14-15H,2-13H2,1H3,(H,21,22,25). The Morgan fingerprint density at radius 2 is 1.81 bits per heavy atom. The van der Waals surface area contributed by atoms with Gasteiger partial charge in [0.1, 0.15) is 5.82 Å². The molecular formula is C20H30N4O2. The lowest BCUT2D eigenvalue weighted by Crippen LogP contribution is -2.42. The van der Waals surface area contributed by atoms with E-state index in [1.165, 1.54) is 19.3 Å². The van der Waals surface area contributed by atoms with Gasteiger partial charge in [0.15, 0.2) is 0 Å². The predicted molar refractivity (Wildman–Crippen MR) is 100 cm³/mol. The minimum Gasteiger partial charge on any atom is -0.342 e. The molecule has 0 radical (unpaired) electrons. The van der Waals surface area contributed by atoms with Crippen molar-refractivity contribution >= 4 is 5.91 Å². The molecule has 1 amide bonds. The third-order valence-corrected chi connectivity index (χ3v) is 6.43. The van der Waals surface area contributed by atoms with Crippen molar-refractivity contribution in [3.63, 3.8) is 0 Å². The molecule has 0 aromatic carbocycles. The molecule has 1 N–H and O–H groups in total. The van der Waals surface area contributed by atoms with Gasteiger partial charge in [0.05, 0.1) is 5.69 Å². The van der Waals surface area contributed by atoms with Crippen LogP contribution in [0.25, 0.3) is 0 Å². The van der Waals surface area contributed by atoms with Crippen LogP contribution < -0.4 is 5.56 Å². The monoisotopic (exact) mass is 358 g/mol. The Bertz CT molecular complexity index is 715. The van der Waals surface area contributed by atoms with Crippen LogP contribution in [-0.2, 0) is 17.8 Å². The molecule has 26 heavy (non-hydrogen) atoms. The van der Waals surface area contributed by atoms with Gasteiger partial charge >= 0.3 is 0 Å². The number of aromatic nitrogens is 2. The van der Waals surface area contributed by atoms with Crippen molar-refractivity contribution in [2.75, 3.05) is 26.7 Å². The van der Waals surface area contributed by atoms with Crippen LogP contribution in [-0.4, -0.2) is 52.4 Å². The number of hydrogen-bond acceptors (Lipinski definition) is 4. The van der Waals surface area contributed by atoms with Crippen LogP contribution in [0.2, 0.25) is 0 Å². The third-order valence-electron chi connectivity index (χ3n) is 6.43. The van der Waals surface area contributed by atoms with Crippen molar-refractivity contribution in [2.24, 2.45) is 5.92 Å². The first kappa shape index (κ1) is 17.7. The fraction of sp³-hybridized carbons (Fsp3) is 0.750. The van der Waals surface area contributed by atoms with Gasteiger partial charge in [-0.1, -0.05) is 19.3 Å². The Morgan fingerprint density at radius 1 is 1.08 bits per heavy atom. The molecule has 0 spiro atoms. The lowest BCUT2D eigenvalue weighted by atomic mass is 9.87. The zero-order valence-electron chi connectivity index (χ0n) is 15.8. The van der Waals surface area contributed by atoms with Gasteiger partial charge in [-0.15, -0.1) is 0 Å². The molecule has 142 valence electrons. The van der Waals surface area contributed by atoms with Crippen molar-refractivity contribution < 1.29 is 4.79 Å². The van der Waals surface area contributed by atoms with Gasteiger partial charge in [-0.3, -0.25) is 9.59 Å². The second-order valence-electron chi connectivity index (χ2n) is 8.30. The van der Waals surface area contributed by atoms with Gasteiger partial charge in [0.25, 0.3) is 5.56 Å². The van der Waals surface area contributed by atoms with E-state index in [-0.39, 0.29) is 17.4 Å². The average Bonchev–Trinajstić information content (AvgIpc) is 2.68. The number of fused-ring (bicyclic) bond motifs is 1. The minimum atomic E-state index is 0.0406. The first-order valence-electron chi connectivity index (χ1n) is 10.2. The molecule has 2 fully saturated rings. The summed E-state index contributed by atoms with van der Waals surface area (Å²) in [4.78, 5) is 37.3. The van der Waals surface area contributed by atoms with Crippen LogP contribution in [0.1, 0.15) is 67.9 Å². The third kappa shape index (κ3) is 3.56.